The van der Waals surface area contributed by atoms with Crippen LogP contribution in [0.3, 0.4) is 0 Å². The summed E-state index contributed by atoms with van der Waals surface area (Å²) in [6.07, 6.45) is 3.98. The molecule has 0 atom stereocenters. The lowest BCUT2D eigenvalue weighted by Crippen LogP contribution is -2.37. The van der Waals surface area contributed by atoms with Gasteiger partial charge in [0.2, 0.25) is 0 Å². The molecule has 0 aliphatic heterocycles. The Hall–Kier alpha value is -3.22. The van der Waals surface area contributed by atoms with Crippen molar-refractivity contribution in [1.29, 1.82) is 0 Å². The number of rotatable bonds is 6. The molecule has 5 nitrogen and oxygen atoms in total. The van der Waals surface area contributed by atoms with E-state index >= 15 is 0 Å². The molecular formula is C20H21F2N5. The Morgan fingerprint density at radius 3 is 2.78 bits per heavy atom. The highest BCUT2D eigenvalue weighted by Crippen LogP contribution is 2.10. The van der Waals surface area contributed by atoms with Crippen LogP contribution in [0.1, 0.15) is 11.1 Å². The van der Waals surface area contributed by atoms with Crippen molar-refractivity contribution in [2.45, 2.75) is 13.0 Å². The lowest BCUT2D eigenvalue weighted by atomic mass is 10.1. The van der Waals surface area contributed by atoms with E-state index in [2.05, 4.69) is 20.7 Å². The maximum absolute atomic E-state index is 13.7. The fourth-order valence-electron chi connectivity index (χ4n) is 2.69. The van der Waals surface area contributed by atoms with Gasteiger partial charge in [-0.2, -0.15) is 5.10 Å². The lowest BCUT2D eigenvalue weighted by molar-refractivity contribution is 0.583. The third kappa shape index (κ3) is 5.13. The van der Waals surface area contributed by atoms with Crippen molar-refractivity contribution in [1.82, 2.24) is 20.4 Å². The van der Waals surface area contributed by atoms with Gasteiger partial charge in [-0.3, -0.25) is 4.99 Å². The number of benzene rings is 2. The minimum absolute atomic E-state index is 0.338. The first-order chi connectivity index (χ1) is 13.2. The molecule has 0 aliphatic rings. The Balaban J connectivity index is 1.52. The van der Waals surface area contributed by atoms with E-state index in [9.17, 15) is 8.78 Å². The predicted molar refractivity (Wildman–Crippen MR) is 102 cm³/mol. The monoisotopic (exact) mass is 369 g/mol. The zero-order valence-corrected chi connectivity index (χ0v) is 15.0. The van der Waals surface area contributed by atoms with E-state index in [0.29, 0.717) is 31.0 Å². The first-order valence-corrected chi connectivity index (χ1v) is 8.63. The molecule has 3 aromatic rings. The number of hydrogen-bond acceptors (Lipinski definition) is 2. The minimum atomic E-state index is -0.439. The van der Waals surface area contributed by atoms with Gasteiger partial charge in [-0.1, -0.05) is 12.1 Å². The van der Waals surface area contributed by atoms with E-state index in [4.69, 9.17) is 0 Å². The Morgan fingerprint density at radius 1 is 1.11 bits per heavy atom. The summed E-state index contributed by atoms with van der Waals surface area (Å²) in [5.41, 5.74) is 2.39. The highest BCUT2D eigenvalue weighted by molar-refractivity contribution is 5.79. The lowest BCUT2D eigenvalue weighted by Gasteiger charge is -2.13. The van der Waals surface area contributed by atoms with E-state index in [1.165, 1.54) is 6.07 Å². The standard InChI is InChI=1S/C20H21F2N5/c1-23-20(24-10-8-16-13-17(21)6-7-19(16)22)25-14-15-4-2-5-18(12-15)27-11-3-9-26-27/h2-7,9,11-13H,8,10,14H2,1H3,(H2,23,24,25). The van der Waals surface area contributed by atoms with E-state index < -0.39 is 11.6 Å². The molecule has 0 amide bonds. The molecule has 0 spiro atoms. The smallest absolute Gasteiger partial charge is 0.191 e. The molecule has 1 aromatic heterocycles. The molecule has 1 heterocycles. The number of aromatic nitrogens is 2. The van der Waals surface area contributed by atoms with E-state index in [0.717, 1.165) is 23.4 Å². The quantitative estimate of drug-likeness (QED) is 0.519. The maximum atomic E-state index is 13.7. The van der Waals surface area contributed by atoms with Crippen molar-refractivity contribution in [2.75, 3.05) is 13.6 Å². The van der Waals surface area contributed by atoms with Crippen LogP contribution in [-0.2, 0) is 13.0 Å². The highest BCUT2D eigenvalue weighted by Gasteiger charge is 2.05. The van der Waals surface area contributed by atoms with Gasteiger partial charge in [0.05, 0.1) is 5.69 Å². The van der Waals surface area contributed by atoms with Crippen molar-refractivity contribution >= 4 is 5.96 Å². The van der Waals surface area contributed by atoms with Crippen LogP contribution in [0.2, 0.25) is 0 Å². The zero-order valence-electron chi connectivity index (χ0n) is 15.0. The highest BCUT2D eigenvalue weighted by atomic mass is 19.1. The molecule has 140 valence electrons. The molecule has 0 bridgehead atoms. The van der Waals surface area contributed by atoms with Gasteiger partial charge in [0, 0.05) is 32.5 Å². The summed E-state index contributed by atoms with van der Waals surface area (Å²) in [6, 6.07) is 13.3. The predicted octanol–water partition coefficient (Wildman–Crippen LogP) is 3.06. The summed E-state index contributed by atoms with van der Waals surface area (Å²) < 4.78 is 28.7. The second kappa shape index (κ2) is 8.93. The summed E-state index contributed by atoms with van der Waals surface area (Å²) in [7, 11) is 1.66. The largest absolute Gasteiger partial charge is 0.356 e. The number of hydrogen-bond donors (Lipinski definition) is 2. The molecule has 0 radical (unpaired) electrons. The Kier molecular flexibility index (Phi) is 6.14. The molecule has 3 rings (SSSR count). The van der Waals surface area contributed by atoms with Gasteiger partial charge in [-0.25, -0.2) is 13.5 Å². The topological polar surface area (TPSA) is 54.2 Å². The van der Waals surface area contributed by atoms with Crippen molar-refractivity contribution < 1.29 is 8.78 Å². The molecule has 2 aromatic carbocycles. The van der Waals surface area contributed by atoms with E-state index in [1.807, 2.05) is 36.5 Å². The molecule has 2 N–H and O–H groups in total. The van der Waals surface area contributed by atoms with Crippen molar-refractivity contribution in [2.24, 2.45) is 4.99 Å². The normalized spacial score (nSPS) is 11.4. The van der Waals surface area contributed by atoms with Crippen LogP contribution in [0.4, 0.5) is 8.78 Å². The summed E-state index contributed by atoms with van der Waals surface area (Å²) >= 11 is 0. The molecule has 0 saturated carbocycles. The first kappa shape index (κ1) is 18.6. The van der Waals surface area contributed by atoms with Crippen LogP contribution in [0.15, 0.2) is 65.9 Å². The van der Waals surface area contributed by atoms with E-state index in [-0.39, 0.29) is 0 Å². The van der Waals surface area contributed by atoms with Gasteiger partial charge in [0.15, 0.2) is 5.96 Å². The van der Waals surface area contributed by atoms with E-state index in [1.54, 1.807) is 17.9 Å². The van der Waals surface area contributed by atoms with Gasteiger partial charge < -0.3 is 10.6 Å². The summed E-state index contributed by atoms with van der Waals surface area (Å²) in [5, 5.41) is 10.5. The van der Waals surface area contributed by atoms with Gasteiger partial charge in [-0.15, -0.1) is 0 Å². The van der Waals surface area contributed by atoms with Crippen LogP contribution in [-0.4, -0.2) is 29.3 Å². The number of aliphatic imine (C=N–C) groups is 1. The van der Waals surface area contributed by atoms with Crippen molar-refractivity contribution in [3.05, 3.63) is 83.7 Å². The first-order valence-electron chi connectivity index (χ1n) is 8.63. The van der Waals surface area contributed by atoms with Crippen molar-refractivity contribution in [3.63, 3.8) is 0 Å². The molecule has 0 aliphatic carbocycles. The summed E-state index contributed by atoms with van der Waals surface area (Å²) in [4.78, 5) is 4.16. The van der Waals surface area contributed by atoms with Gasteiger partial charge in [0.1, 0.15) is 11.6 Å². The minimum Gasteiger partial charge on any atom is -0.356 e. The van der Waals surface area contributed by atoms with Crippen LogP contribution >= 0.6 is 0 Å². The fraction of sp³-hybridized carbons (Fsp3) is 0.200. The molecule has 7 heteroatoms. The second-order valence-corrected chi connectivity index (χ2v) is 5.96. The number of nitrogens with one attached hydrogen (secondary N) is 2. The molecular weight excluding hydrogens is 348 g/mol. The number of nitrogens with zero attached hydrogens (tertiary/aromatic N) is 3. The molecule has 0 fully saturated rings. The SMILES string of the molecule is CN=C(NCCc1cc(F)ccc1F)NCc1cccc(-n2cccn2)c1. The van der Waals surface area contributed by atoms with Crippen LogP contribution in [0.25, 0.3) is 5.69 Å². The third-order valence-electron chi connectivity index (χ3n) is 4.06. The Morgan fingerprint density at radius 2 is 2.00 bits per heavy atom. The molecule has 0 unspecified atom stereocenters. The van der Waals surface area contributed by atoms with Crippen LogP contribution < -0.4 is 10.6 Å². The van der Waals surface area contributed by atoms with Gasteiger partial charge >= 0.3 is 0 Å². The second-order valence-electron chi connectivity index (χ2n) is 5.96. The number of guanidine groups is 1. The maximum Gasteiger partial charge on any atom is 0.191 e. The zero-order chi connectivity index (χ0) is 19.1. The number of halogens is 2. The summed E-state index contributed by atoms with van der Waals surface area (Å²) in [5.74, 6) is -0.251. The summed E-state index contributed by atoms with van der Waals surface area (Å²) in [6.45, 7) is 1.01. The fourth-order valence-corrected chi connectivity index (χ4v) is 2.69. The molecule has 0 saturated heterocycles. The third-order valence-corrected chi connectivity index (χ3v) is 4.06. The molecule has 27 heavy (non-hydrogen) atoms. The van der Waals surface area contributed by atoms with Crippen molar-refractivity contribution in [3.8, 4) is 5.69 Å². The Bertz CT molecular complexity index is 906. The Labute approximate surface area is 156 Å². The van der Waals surface area contributed by atoms with Gasteiger partial charge in [0.25, 0.3) is 0 Å². The van der Waals surface area contributed by atoms with Gasteiger partial charge in [-0.05, 0) is 53.9 Å². The average molecular weight is 369 g/mol. The average Bonchev–Trinajstić information content (AvgIpc) is 3.22. The van der Waals surface area contributed by atoms with Crippen LogP contribution in [0.5, 0.6) is 0 Å². The van der Waals surface area contributed by atoms with Crippen LogP contribution in [0, 0.1) is 11.6 Å².